The molecule has 2 aromatic rings. The second-order valence-electron chi connectivity index (χ2n) is 5.24. The van der Waals surface area contributed by atoms with Gasteiger partial charge in [-0.2, -0.15) is 0 Å². The summed E-state index contributed by atoms with van der Waals surface area (Å²) in [5.74, 6) is 0.326. The second-order valence-corrected chi connectivity index (χ2v) is 5.24. The number of ether oxygens (including phenoxy) is 2. The minimum absolute atomic E-state index is 0.000806. The summed E-state index contributed by atoms with van der Waals surface area (Å²) in [6.45, 7) is 4.01. The highest BCUT2D eigenvalue weighted by Gasteiger charge is 2.20. The Morgan fingerprint density at radius 3 is 2.33 bits per heavy atom. The fraction of sp³-hybridized carbons (Fsp3) is 0.412. The SMILES string of the molecule is COC(OC)C(C)NC(C)c1ccc2ccccc2c1O. The molecule has 21 heavy (non-hydrogen) atoms. The summed E-state index contributed by atoms with van der Waals surface area (Å²) in [5, 5.41) is 15.8. The lowest BCUT2D eigenvalue weighted by atomic mass is 10.0. The van der Waals surface area contributed by atoms with Crippen LogP contribution >= 0.6 is 0 Å². The van der Waals surface area contributed by atoms with E-state index in [9.17, 15) is 5.11 Å². The van der Waals surface area contributed by atoms with E-state index in [0.717, 1.165) is 16.3 Å². The zero-order valence-corrected chi connectivity index (χ0v) is 13.0. The average molecular weight is 289 g/mol. The first-order chi connectivity index (χ1) is 10.1. The normalized spacial score (nSPS) is 14.5. The lowest BCUT2D eigenvalue weighted by Crippen LogP contribution is -2.40. The number of aromatic hydroxyl groups is 1. The molecule has 2 N–H and O–H groups in total. The lowest BCUT2D eigenvalue weighted by molar-refractivity contribution is -0.120. The van der Waals surface area contributed by atoms with Crippen molar-refractivity contribution < 1.29 is 14.6 Å². The molecule has 0 saturated carbocycles. The highest BCUT2D eigenvalue weighted by molar-refractivity contribution is 5.89. The predicted molar refractivity (Wildman–Crippen MR) is 84.4 cm³/mol. The molecule has 114 valence electrons. The number of fused-ring (bicyclic) bond motifs is 1. The number of phenolic OH excluding ortho intramolecular Hbond substituents is 1. The van der Waals surface area contributed by atoms with Crippen molar-refractivity contribution in [2.24, 2.45) is 0 Å². The molecule has 0 amide bonds. The summed E-state index contributed by atoms with van der Waals surface area (Å²) in [6, 6.07) is 11.8. The Morgan fingerprint density at radius 2 is 1.67 bits per heavy atom. The van der Waals surface area contributed by atoms with E-state index < -0.39 is 0 Å². The maximum Gasteiger partial charge on any atom is 0.171 e. The molecule has 4 nitrogen and oxygen atoms in total. The number of rotatable bonds is 6. The Morgan fingerprint density at radius 1 is 1.00 bits per heavy atom. The van der Waals surface area contributed by atoms with Gasteiger partial charge in [0.2, 0.25) is 0 Å². The summed E-state index contributed by atoms with van der Waals surface area (Å²) in [6.07, 6.45) is -0.324. The number of methoxy groups -OCH3 is 2. The van der Waals surface area contributed by atoms with Gasteiger partial charge >= 0.3 is 0 Å². The van der Waals surface area contributed by atoms with Gasteiger partial charge < -0.3 is 19.9 Å². The number of hydrogen-bond donors (Lipinski definition) is 2. The van der Waals surface area contributed by atoms with Crippen LogP contribution in [-0.4, -0.2) is 31.7 Å². The number of nitrogens with one attached hydrogen (secondary N) is 1. The molecule has 0 aliphatic carbocycles. The van der Waals surface area contributed by atoms with Crippen molar-refractivity contribution in [1.29, 1.82) is 0 Å². The van der Waals surface area contributed by atoms with Crippen LogP contribution in [0, 0.1) is 0 Å². The molecule has 0 heterocycles. The summed E-state index contributed by atoms with van der Waals surface area (Å²) < 4.78 is 10.5. The third kappa shape index (κ3) is 3.35. The largest absolute Gasteiger partial charge is 0.507 e. The molecule has 0 aliphatic rings. The minimum atomic E-state index is -0.324. The molecule has 0 radical (unpaired) electrons. The molecule has 0 aromatic heterocycles. The zero-order chi connectivity index (χ0) is 15.4. The molecule has 2 atom stereocenters. The van der Waals surface area contributed by atoms with Crippen LogP contribution in [0.3, 0.4) is 0 Å². The molecule has 2 aromatic carbocycles. The second kappa shape index (κ2) is 6.89. The van der Waals surface area contributed by atoms with Crippen molar-refractivity contribution in [2.45, 2.75) is 32.2 Å². The first-order valence-electron chi connectivity index (χ1n) is 7.10. The Hall–Kier alpha value is -1.62. The summed E-state index contributed by atoms with van der Waals surface area (Å²) in [4.78, 5) is 0. The van der Waals surface area contributed by atoms with E-state index in [-0.39, 0.29) is 18.4 Å². The molecule has 2 rings (SSSR count). The highest BCUT2D eigenvalue weighted by Crippen LogP contribution is 2.32. The van der Waals surface area contributed by atoms with E-state index in [1.54, 1.807) is 14.2 Å². The van der Waals surface area contributed by atoms with E-state index >= 15 is 0 Å². The van der Waals surface area contributed by atoms with Gasteiger partial charge in [-0.15, -0.1) is 0 Å². The molecule has 0 aliphatic heterocycles. The molecule has 0 saturated heterocycles. The Balaban J connectivity index is 2.23. The van der Waals surface area contributed by atoms with Crippen LogP contribution in [0.15, 0.2) is 36.4 Å². The molecule has 4 heteroatoms. The third-order valence-electron chi connectivity index (χ3n) is 3.78. The molecular weight excluding hydrogens is 266 g/mol. The Bertz CT molecular complexity index is 596. The van der Waals surface area contributed by atoms with Crippen molar-refractivity contribution in [3.63, 3.8) is 0 Å². The average Bonchev–Trinajstić information content (AvgIpc) is 2.49. The summed E-state index contributed by atoms with van der Waals surface area (Å²) in [7, 11) is 3.23. The Labute approximate surface area is 125 Å². The van der Waals surface area contributed by atoms with E-state index in [2.05, 4.69) is 5.32 Å². The van der Waals surface area contributed by atoms with Gasteiger partial charge in [0.25, 0.3) is 0 Å². The van der Waals surface area contributed by atoms with Crippen LogP contribution in [0.5, 0.6) is 5.75 Å². The monoisotopic (exact) mass is 289 g/mol. The van der Waals surface area contributed by atoms with E-state index in [4.69, 9.17) is 9.47 Å². The van der Waals surface area contributed by atoms with Crippen LogP contribution in [-0.2, 0) is 9.47 Å². The van der Waals surface area contributed by atoms with Crippen LogP contribution < -0.4 is 5.32 Å². The maximum atomic E-state index is 10.5. The van der Waals surface area contributed by atoms with Crippen LogP contribution in [0.25, 0.3) is 10.8 Å². The maximum absolute atomic E-state index is 10.5. The van der Waals surface area contributed by atoms with Gasteiger partial charge in [-0.3, -0.25) is 0 Å². The van der Waals surface area contributed by atoms with Crippen molar-refractivity contribution in [3.05, 3.63) is 42.0 Å². The zero-order valence-electron chi connectivity index (χ0n) is 13.0. The number of phenols is 1. The number of hydrogen-bond acceptors (Lipinski definition) is 4. The van der Waals surface area contributed by atoms with Crippen molar-refractivity contribution in [2.75, 3.05) is 14.2 Å². The van der Waals surface area contributed by atoms with E-state index in [1.165, 1.54) is 0 Å². The van der Waals surface area contributed by atoms with Gasteiger partial charge in [0, 0.05) is 31.2 Å². The van der Waals surface area contributed by atoms with Gasteiger partial charge in [0.05, 0.1) is 6.04 Å². The van der Waals surface area contributed by atoms with E-state index in [0.29, 0.717) is 5.75 Å². The molecular formula is C17H23NO3. The van der Waals surface area contributed by atoms with Gasteiger partial charge in [-0.05, 0) is 19.2 Å². The third-order valence-corrected chi connectivity index (χ3v) is 3.78. The van der Waals surface area contributed by atoms with Crippen molar-refractivity contribution in [1.82, 2.24) is 5.32 Å². The standard InChI is InChI=1S/C17H23NO3/c1-11(18-12(2)17(20-3)21-4)14-10-9-13-7-5-6-8-15(13)16(14)19/h5-12,17-19H,1-4H3. The molecule has 0 spiro atoms. The summed E-state index contributed by atoms with van der Waals surface area (Å²) in [5.41, 5.74) is 0.867. The van der Waals surface area contributed by atoms with Crippen LogP contribution in [0.1, 0.15) is 25.5 Å². The van der Waals surface area contributed by atoms with Crippen molar-refractivity contribution in [3.8, 4) is 5.75 Å². The molecule has 2 unspecified atom stereocenters. The fourth-order valence-corrected chi connectivity index (χ4v) is 2.69. The molecule has 0 bridgehead atoms. The quantitative estimate of drug-likeness (QED) is 0.802. The van der Waals surface area contributed by atoms with Gasteiger partial charge in [-0.25, -0.2) is 0 Å². The minimum Gasteiger partial charge on any atom is -0.507 e. The topological polar surface area (TPSA) is 50.7 Å². The summed E-state index contributed by atoms with van der Waals surface area (Å²) >= 11 is 0. The molecule has 0 fully saturated rings. The first kappa shape index (κ1) is 15.8. The fourth-order valence-electron chi connectivity index (χ4n) is 2.69. The first-order valence-corrected chi connectivity index (χ1v) is 7.10. The number of benzene rings is 2. The van der Waals surface area contributed by atoms with E-state index in [1.807, 2.05) is 50.2 Å². The predicted octanol–water partition coefficient (Wildman–Crippen LogP) is 3.20. The van der Waals surface area contributed by atoms with Crippen LogP contribution in [0.4, 0.5) is 0 Å². The lowest BCUT2D eigenvalue weighted by Gasteiger charge is -2.26. The Kier molecular flexibility index (Phi) is 5.17. The van der Waals surface area contributed by atoms with Crippen molar-refractivity contribution >= 4 is 10.8 Å². The smallest absolute Gasteiger partial charge is 0.171 e. The van der Waals surface area contributed by atoms with Gasteiger partial charge in [0.15, 0.2) is 6.29 Å². The van der Waals surface area contributed by atoms with Gasteiger partial charge in [-0.1, -0.05) is 36.4 Å². The highest BCUT2D eigenvalue weighted by atomic mass is 16.7. The van der Waals surface area contributed by atoms with Gasteiger partial charge in [0.1, 0.15) is 5.75 Å². The van der Waals surface area contributed by atoms with Crippen LogP contribution in [0.2, 0.25) is 0 Å².